The summed E-state index contributed by atoms with van der Waals surface area (Å²) in [5.74, 6) is -1.30. The number of fused-ring (bicyclic) bond motifs is 1. The molecule has 1 aliphatic rings. The topological polar surface area (TPSA) is 69.6 Å². The summed E-state index contributed by atoms with van der Waals surface area (Å²) in [6, 6.07) is 15.9. The van der Waals surface area contributed by atoms with Gasteiger partial charge in [0.25, 0.3) is 5.91 Å². The van der Waals surface area contributed by atoms with Crippen LogP contribution >= 0.6 is 0 Å². The van der Waals surface area contributed by atoms with E-state index in [2.05, 4.69) is 5.32 Å². The van der Waals surface area contributed by atoms with Gasteiger partial charge in [0.2, 0.25) is 0 Å². The van der Waals surface area contributed by atoms with E-state index in [1.807, 2.05) is 42.5 Å². The van der Waals surface area contributed by atoms with E-state index in [0.717, 1.165) is 11.3 Å². The van der Waals surface area contributed by atoms with Crippen LogP contribution in [0.1, 0.15) is 11.6 Å². The number of benzene rings is 2. The van der Waals surface area contributed by atoms with Gasteiger partial charge in [-0.2, -0.15) is 0 Å². The van der Waals surface area contributed by atoms with Gasteiger partial charge in [-0.15, -0.1) is 0 Å². The largest absolute Gasteiger partial charge is 0.480 e. The molecule has 0 saturated carbocycles. The smallest absolute Gasteiger partial charge is 0.323 e. The molecule has 0 fully saturated rings. The summed E-state index contributed by atoms with van der Waals surface area (Å²) in [6.07, 6.45) is 0. The van der Waals surface area contributed by atoms with Crippen molar-refractivity contribution < 1.29 is 14.7 Å². The van der Waals surface area contributed by atoms with E-state index >= 15 is 0 Å². The highest BCUT2D eigenvalue weighted by atomic mass is 16.4. The van der Waals surface area contributed by atoms with Gasteiger partial charge in [0.15, 0.2) is 0 Å². The summed E-state index contributed by atoms with van der Waals surface area (Å²) in [7, 11) is 0. The number of nitrogens with one attached hydrogen (secondary N) is 1. The van der Waals surface area contributed by atoms with Crippen LogP contribution in [0.5, 0.6) is 0 Å². The van der Waals surface area contributed by atoms with Crippen molar-refractivity contribution in [2.24, 2.45) is 0 Å². The van der Waals surface area contributed by atoms with Crippen LogP contribution in [0.2, 0.25) is 0 Å². The first kappa shape index (κ1) is 13.2. The Balaban J connectivity index is 2.04. The molecule has 1 heterocycles. The van der Waals surface area contributed by atoms with Crippen LogP contribution in [0.25, 0.3) is 0 Å². The summed E-state index contributed by atoms with van der Waals surface area (Å²) < 4.78 is 0. The monoisotopic (exact) mass is 282 g/mol. The third-order valence-electron chi connectivity index (χ3n) is 3.43. The first-order valence-electron chi connectivity index (χ1n) is 6.60. The van der Waals surface area contributed by atoms with Gasteiger partial charge in [0, 0.05) is 0 Å². The molecule has 21 heavy (non-hydrogen) atoms. The molecule has 0 radical (unpaired) electrons. The van der Waals surface area contributed by atoms with Crippen LogP contribution in [0.15, 0.2) is 54.6 Å². The first-order chi connectivity index (χ1) is 10.2. The van der Waals surface area contributed by atoms with Crippen LogP contribution in [0.3, 0.4) is 0 Å². The van der Waals surface area contributed by atoms with Crippen molar-refractivity contribution in [3.8, 4) is 0 Å². The fraction of sp³-hybridized carbons (Fsp3) is 0.125. The number of aliphatic carboxylic acids is 1. The number of hydrogen-bond acceptors (Lipinski definition) is 3. The molecule has 3 rings (SSSR count). The summed E-state index contributed by atoms with van der Waals surface area (Å²) in [5, 5.41) is 12.2. The average molecular weight is 282 g/mol. The van der Waals surface area contributed by atoms with Gasteiger partial charge in [0.1, 0.15) is 12.6 Å². The number of nitrogens with zero attached hydrogens (tertiary/aromatic N) is 1. The lowest BCUT2D eigenvalue weighted by Crippen LogP contribution is -2.44. The lowest BCUT2D eigenvalue weighted by atomic mass is 10.0. The third kappa shape index (κ3) is 2.45. The van der Waals surface area contributed by atoms with Gasteiger partial charge in [0.05, 0.1) is 11.4 Å². The van der Waals surface area contributed by atoms with E-state index in [-0.39, 0.29) is 12.5 Å². The Hall–Kier alpha value is -2.82. The Morgan fingerprint density at radius 1 is 1.10 bits per heavy atom. The molecule has 5 heteroatoms. The quantitative estimate of drug-likeness (QED) is 0.906. The van der Waals surface area contributed by atoms with Crippen molar-refractivity contribution in [1.82, 2.24) is 0 Å². The van der Waals surface area contributed by atoms with Gasteiger partial charge in [-0.05, 0) is 17.7 Å². The normalized spacial score (nSPS) is 17.0. The van der Waals surface area contributed by atoms with Crippen LogP contribution < -0.4 is 10.2 Å². The number of rotatable bonds is 3. The summed E-state index contributed by atoms with van der Waals surface area (Å²) in [5.41, 5.74) is 2.16. The summed E-state index contributed by atoms with van der Waals surface area (Å²) in [6.45, 7) is -0.346. The zero-order valence-corrected chi connectivity index (χ0v) is 11.2. The van der Waals surface area contributed by atoms with Crippen LogP contribution in [-0.2, 0) is 9.59 Å². The second kappa shape index (κ2) is 5.28. The number of carbonyl (C=O) groups excluding carboxylic acids is 1. The van der Waals surface area contributed by atoms with Crippen molar-refractivity contribution in [1.29, 1.82) is 0 Å². The lowest BCUT2D eigenvalue weighted by molar-refractivity contribution is -0.136. The van der Waals surface area contributed by atoms with Gasteiger partial charge in [-0.25, -0.2) is 0 Å². The van der Waals surface area contributed by atoms with Crippen LogP contribution in [0, 0.1) is 0 Å². The van der Waals surface area contributed by atoms with Crippen molar-refractivity contribution in [2.45, 2.75) is 6.04 Å². The molecule has 0 aliphatic carbocycles. The molecule has 1 atom stereocenters. The first-order valence-corrected chi connectivity index (χ1v) is 6.60. The Bertz CT molecular complexity index is 685. The molecule has 1 unspecified atom stereocenters. The second-order valence-electron chi connectivity index (χ2n) is 4.82. The molecule has 0 aromatic heterocycles. The zero-order chi connectivity index (χ0) is 14.8. The predicted octanol–water partition coefficient (Wildman–Crippen LogP) is 2.27. The maximum absolute atomic E-state index is 12.6. The maximum atomic E-state index is 12.6. The molecule has 2 aromatic carbocycles. The summed E-state index contributed by atoms with van der Waals surface area (Å²) in [4.78, 5) is 25.0. The molecule has 0 saturated heterocycles. The average Bonchev–Trinajstić information content (AvgIpc) is 2.50. The fourth-order valence-corrected chi connectivity index (χ4v) is 2.49. The standard InChI is InChI=1S/C16H14N2O3/c19-14(20)10-18-13-9-5-4-8-12(13)17-15(16(18)21)11-6-2-1-3-7-11/h1-9,15,17H,10H2,(H,19,20). The molecule has 0 bridgehead atoms. The number of anilines is 2. The summed E-state index contributed by atoms with van der Waals surface area (Å²) >= 11 is 0. The van der Waals surface area contributed by atoms with Crippen molar-refractivity contribution in [3.63, 3.8) is 0 Å². The number of carboxylic acid groups (broad SMARTS) is 1. The van der Waals surface area contributed by atoms with Gasteiger partial charge in [-0.3, -0.25) is 14.5 Å². The minimum Gasteiger partial charge on any atom is -0.480 e. The predicted molar refractivity (Wildman–Crippen MR) is 79.2 cm³/mol. The van der Waals surface area contributed by atoms with Crippen LogP contribution in [-0.4, -0.2) is 23.5 Å². The molecule has 2 aromatic rings. The molecule has 2 N–H and O–H groups in total. The van der Waals surface area contributed by atoms with E-state index in [0.29, 0.717) is 5.69 Å². The molecular weight excluding hydrogens is 268 g/mol. The lowest BCUT2D eigenvalue weighted by Gasteiger charge is -2.34. The minimum absolute atomic E-state index is 0.262. The Morgan fingerprint density at radius 2 is 1.76 bits per heavy atom. The van der Waals surface area contributed by atoms with Crippen molar-refractivity contribution in [3.05, 3.63) is 60.2 Å². The van der Waals surface area contributed by atoms with E-state index in [1.54, 1.807) is 12.1 Å². The van der Waals surface area contributed by atoms with Crippen molar-refractivity contribution in [2.75, 3.05) is 16.8 Å². The van der Waals surface area contributed by atoms with Crippen molar-refractivity contribution >= 4 is 23.3 Å². The number of carbonyl (C=O) groups is 2. The number of amides is 1. The highest BCUT2D eigenvalue weighted by Gasteiger charge is 2.34. The highest BCUT2D eigenvalue weighted by Crippen LogP contribution is 2.36. The minimum atomic E-state index is -1.04. The molecule has 5 nitrogen and oxygen atoms in total. The molecule has 0 spiro atoms. The van der Waals surface area contributed by atoms with E-state index in [1.165, 1.54) is 4.90 Å². The second-order valence-corrected chi connectivity index (χ2v) is 4.82. The van der Waals surface area contributed by atoms with Crippen LogP contribution in [0.4, 0.5) is 11.4 Å². The molecule has 1 amide bonds. The molecular formula is C16H14N2O3. The maximum Gasteiger partial charge on any atom is 0.323 e. The number of carboxylic acids is 1. The Kier molecular flexibility index (Phi) is 3.31. The van der Waals surface area contributed by atoms with Gasteiger partial charge in [-0.1, -0.05) is 42.5 Å². The Labute approximate surface area is 121 Å². The number of hydrogen-bond donors (Lipinski definition) is 2. The van der Waals surface area contributed by atoms with E-state index in [9.17, 15) is 9.59 Å². The van der Waals surface area contributed by atoms with E-state index < -0.39 is 12.0 Å². The van der Waals surface area contributed by atoms with Gasteiger partial charge < -0.3 is 10.4 Å². The van der Waals surface area contributed by atoms with Gasteiger partial charge >= 0.3 is 5.97 Å². The zero-order valence-electron chi connectivity index (χ0n) is 11.2. The molecule has 106 valence electrons. The molecule has 1 aliphatic heterocycles. The van der Waals surface area contributed by atoms with E-state index in [4.69, 9.17) is 5.11 Å². The number of para-hydroxylation sites is 2. The highest BCUT2D eigenvalue weighted by molar-refractivity contribution is 6.07. The fourth-order valence-electron chi connectivity index (χ4n) is 2.49. The SMILES string of the molecule is O=C(O)CN1C(=O)C(c2ccccc2)Nc2ccccc21. The Morgan fingerprint density at radius 3 is 2.48 bits per heavy atom. The third-order valence-corrected chi connectivity index (χ3v) is 3.43.